The molecule has 3 nitrogen and oxygen atoms in total. The van der Waals surface area contributed by atoms with Crippen LogP contribution in [0.15, 0.2) is 18.2 Å². The van der Waals surface area contributed by atoms with Gasteiger partial charge in [-0.3, -0.25) is 4.79 Å². The van der Waals surface area contributed by atoms with Crippen molar-refractivity contribution in [2.24, 2.45) is 0 Å². The van der Waals surface area contributed by atoms with E-state index in [-0.39, 0.29) is 23.3 Å². The van der Waals surface area contributed by atoms with E-state index < -0.39 is 5.82 Å². The van der Waals surface area contributed by atoms with Crippen LogP contribution < -0.4 is 10.1 Å². The summed E-state index contributed by atoms with van der Waals surface area (Å²) in [7, 11) is 1.47. The second-order valence-electron chi connectivity index (χ2n) is 2.51. The summed E-state index contributed by atoms with van der Waals surface area (Å²) in [5, 5.41) is 2.32. The molecule has 0 aromatic heterocycles. The Morgan fingerprint density at radius 3 is 3.00 bits per heavy atom. The Bertz CT molecular complexity index is 344. The van der Waals surface area contributed by atoms with Crippen LogP contribution in [0.25, 0.3) is 0 Å². The van der Waals surface area contributed by atoms with Gasteiger partial charge < -0.3 is 10.1 Å². The highest BCUT2D eigenvalue weighted by Crippen LogP contribution is 2.23. The zero-order valence-corrected chi connectivity index (χ0v) is 8.27. The molecule has 0 saturated carbocycles. The lowest BCUT2D eigenvalue weighted by Crippen LogP contribution is -2.25. The highest BCUT2D eigenvalue weighted by atomic mass is 35.5. The number of hydrogen-bond donors (Lipinski definition) is 1. The van der Waals surface area contributed by atoms with Crippen LogP contribution in [0.5, 0.6) is 5.75 Å². The Morgan fingerprint density at radius 2 is 2.36 bits per heavy atom. The van der Waals surface area contributed by atoms with Crippen molar-refractivity contribution in [3.8, 4) is 5.75 Å². The largest absolute Gasteiger partial charge is 0.481 e. The normalized spacial score (nSPS) is 9.64. The molecular weight excluding hydrogens is 209 g/mol. The number of carbonyl (C=O) groups is 1. The Balaban J connectivity index is 2.68. The van der Waals surface area contributed by atoms with Gasteiger partial charge in [0.05, 0.1) is 5.02 Å². The van der Waals surface area contributed by atoms with E-state index in [9.17, 15) is 9.18 Å². The van der Waals surface area contributed by atoms with E-state index in [0.29, 0.717) is 0 Å². The molecule has 0 atom stereocenters. The van der Waals surface area contributed by atoms with Crippen molar-refractivity contribution < 1.29 is 13.9 Å². The molecule has 1 rings (SSSR count). The van der Waals surface area contributed by atoms with Crippen LogP contribution >= 0.6 is 11.6 Å². The second kappa shape index (κ2) is 4.81. The molecule has 0 spiro atoms. The molecule has 0 aliphatic carbocycles. The summed E-state index contributed by atoms with van der Waals surface area (Å²) < 4.78 is 18.1. The summed E-state index contributed by atoms with van der Waals surface area (Å²) in [6.07, 6.45) is 0. The van der Waals surface area contributed by atoms with E-state index in [2.05, 4.69) is 5.32 Å². The van der Waals surface area contributed by atoms with Crippen LogP contribution in [0.2, 0.25) is 5.02 Å². The molecule has 0 unspecified atom stereocenters. The van der Waals surface area contributed by atoms with Crippen LogP contribution in [0.1, 0.15) is 0 Å². The summed E-state index contributed by atoms with van der Waals surface area (Å²) in [5.41, 5.74) is 0. The maximum atomic E-state index is 13.2. The monoisotopic (exact) mass is 217 g/mol. The fourth-order valence-electron chi connectivity index (χ4n) is 0.811. The standard InChI is InChI=1S/C9H9ClFNO2/c1-12-8(13)5-14-7-4-2-3-6(10)9(7)11/h2-4H,5H2,1H3,(H,12,13). The van der Waals surface area contributed by atoms with Crippen LogP contribution in [0.3, 0.4) is 0 Å². The maximum Gasteiger partial charge on any atom is 0.257 e. The summed E-state index contributed by atoms with van der Waals surface area (Å²) >= 11 is 5.51. The minimum Gasteiger partial charge on any atom is -0.481 e. The number of carbonyl (C=O) groups excluding carboxylic acids is 1. The molecule has 0 aliphatic heterocycles. The Hall–Kier alpha value is -1.29. The van der Waals surface area contributed by atoms with Gasteiger partial charge in [0, 0.05) is 7.05 Å². The molecular formula is C9H9ClFNO2. The predicted octanol–water partition coefficient (Wildman–Crippen LogP) is 1.60. The molecule has 0 heterocycles. The number of hydrogen-bond acceptors (Lipinski definition) is 2. The third kappa shape index (κ3) is 2.60. The molecule has 1 aromatic rings. The van der Waals surface area contributed by atoms with Crippen LogP contribution in [-0.2, 0) is 4.79 Å². The van der Waals surface area contributed by atoms with Crippen molar-refractivity contribution in [2.75, 3.05) is 13.7 Å². The van der Waals surface area contributed by atoms with Gasteiger partial charge in [-0.1, -0.05) is 17.7 Å². The lowest BCUT2D eigenvalue weighted by Gasteiger charge is -2.06. The average Bonchev–Trinajstić information content (AvgIpc) is 2.20. The molecule has 1 aromatic carbocycles. The molecule has 0 bridgehead atoms. The summed E-state index contributed by atoms with van der Waals surface area (Å²) in [4.78, 5) is 10.8. The number of ether oxygens (including phenoxy) is 1. The van der Waals surface area contributed by atoms with Gasteiger partial charge >= 0.3 is 0 Å². The first-order chi connectivity index (χ1) is 6.65. The fraction of sp³-hybridized carbons (Fsp3) is 0.222. The third-order valence-electron chi connectivity index (χ3n) is 1.55. The predicted molar refractivity (Wildman–Crippen MR) is 51.0 cm³/mol. The van der Waals surface area contributed by atoms with E-state index in [1.54, 1.807) is 6.07 Å². The number of likely N-dealkylation sites (N-methyl/N-ethyl adjacent to an activating group) is 1. The fourth-order valence-corrected chi connectivity index (χ4v) is 0.977. The maximum absolute atomic E-state index is 13.2. The van der Waals surface area contributed by atoms with Gasteiger partial charge in [0.2, 0.25) is 0 Å². The van der Waals surface area contributed by atoms with Crippen molar-refractivity contribution >= 4 is 17.5 Å². The van der Waals surface area contributed by atoms with E-state index in [1.165, 1.54) is 19.2 Å². The van der Waals surface area contributed by atoms with Gasteiger partial charge in [0.1, 0.15) is 0 Å². The van der Waals surface area contributed by atoms with E-state index >= 15 is 0 Å². The molecule has 76 valence electrons. The number of rotatable bonds is 3. The molecule has 5 heteroatoms. The number of benzene rings is 1. The van der Waals surface area contributed by atoms with Gasteiger partial charge in [0.15, 0.2) is 18.2 Å². The second-order valence-corrected chi connectivity index (χ2v) is 2.92. The first-order valence-electron chi connectivity index (χ1n) is 3.92. The zero-order chi connectivity index (χ0) is 10.6. The van der Waals surface area contributed by atoms with E-state index in [0.717, 1.165) is 0 Å². The summed E-state index contributed by atoms with van der Waals surface area (Å²) in [6.45, 7) is -0.228. The summed E-state index contributed by atoms with van der Waals surface area (Å²) in [6, 6.07) is 4.36. The number of nitrogens with one attached hydrogen (secondary N) is 1. The zero-order valence-electron chi connectivity index (χ0n) is 7.51. The molecule has 1 amide bonds. The van der Waals surface area contributed by atoms with Gasteiger partial charge in [0.25, 0.3) is 5.91 Å². The highest BCUT2D eigenvalue weighted by Gasteiger charge is 2.08. The molecule has 14 heavy (non-hydrogen) atoms. The Kier molecular flexibility index (Phi) is 3.71. The molecule has 1 N–H and O–H groups in total. The van der Waals surface area contributed by atoms with Crippen LogP contribution in [0, 0.1) is 5.82 Å². The van der Waals surface area contributed by atoms with Gasteiger partial charge in [-0.05, 0) is 12.1 Å². The van der Waals surface area contributed by atoms with Crippen LogP contribution in [-0.4, -0.2) is 19.6 Å². The molecule has 0 radical (unpaired) electrons. The first-order valence-corrected chi connectivity index (χ1v) is 4.30. The van der Waals surface area contributed by atoms with Gasteiger partial charge in [-0.15, -0.1) is 0 Å². The average molecular weight is 218 g/mol. The van der Waals surface area contributed by atoms with E-state index in [4.69, 9.17) is 16.3 Å². The molecule has 0 fully saturated rings. The third-order valence-corrected chi connectivity index (χ3v) is 1.85. The molecule has 0 aliphatic rings. The number of halogens is 2. The quantitative estimate of drug-likeness (QED) is 0.835. The SMILES string of the molecule is CNC(=O)COc1cccc(Cl)c1F. The lowest BCUT2D eigenvalue weighted by molar-refractivity contribution is -0.122. The smallest absolute Gasteiger partial charge is 0.257 e. The van der Waals surface area contributed by atoms with E-state index in [1.807, 2.05) is 0 Å². The van der Waals surface area contributed by atoms with Gasteiger partial charge in [-0.25, -0.2) is 4.39 Å². The molecule has 0 saturated heterocycles. The van der Waals surface area contributed by atoms with Crippen molar-refractivity contribution in [2.45, 2.75) is 0 Å². The van der Waals surface area contributed by atoms with Crippen molar-refractivity contribution in [3.63, 3.8) is 0 Å². The van der Waals surface area contributed by atoms with Crippen molar-refractivity contribution in [1.82, 2.24) is 5.32 Å². The number of amides is 1. The van der Waals surface area contributed by atoms with Gasteiger partial charge in [-0.2, -0.15) is 0 Å². The minimum atomic E-state index is -0.655. The Labute approximate surface area is 85.8 Å². The first kappa shape index (κ1) is 10.8. The minimum absolute atomic E-state index is 0.0268. The Morgan fingerprint density at radius 1 is 1.64 bits per heavy atom. The topological polar surface area (TPSA) is 38.3 Å². The van der Waals surface area contributed by atoms with Crippen LogP contribution in [0.4, 0.5) is 4.39 Å². The lowest BCUT2D eigenvalue weighted by atomic mass is 10.3. The highest BCUT2D eigenvalue weighted by molar-refractivity contribution is 6.30. The summed E-state index contributed by atoms with van der Waals surface area (Å²) in [5.74, 6) is -1.01. The van der Waals surface area contributed by atoms with Crippen molar-refractivity contribution in [3.05, 3.63) is 29.0 Å². The van der Waals surface area contributed by atoms with Crippen molar-refractivity contribution in [1.29, 1.82) is 0 Å².